The minimum absolute atomic E-state index is 0.148. The van der Waals surface area contributed by atoms with Crippen LogP contribution in [0.3, 0.4) is 0 Å². The number of rotatable bonds is 6. The van der Waals surface area contributed by atoms with Gasteiger partial charge in [-0.05, 0) is 30.5 Å². The molecule has 1 N–H and O–H groups in total. The largest absolute Gasteiger partial charge is 0.380 e. The Morgan fingerprint density at radius 1 is 1.50 bits per heavy atom. The average molecular weight is 248 g/mol. The number of hydrogen-bond donors (Lipinski definition) is 1. The van der Waals surface area contributed by atoms with Crippen LogP contribution in [0.5, 0.6) is 0 Å². The summed E-state index contributed by atoms with van der Waals surface area (Å²) in [6.07, 6.45) is 2.29. The summed E-state index contributed by atoms with van der Waals surface area (Å²) < 4.78 is 5.08. The Balaban J connectivity index is 1.85. The highest BCUT2D eigenvalue weighted by Gasteiger charge is 2.29. The molecule has 1 fully saturated rings. The summed E-state index contributed by atoms with van der Waals surface area (Å²) in [4.78, 5) is 13.7. The number of methoxy groups -OCH3 is 1. The fourth-order valence-corrected chi connectivity index (χ4v) is 1.91. The first-order valence-electron chi connectivity index (χ1n) is 6.28. The van der Waals surface area contributed by atoms with Gasteiger partial charge in [0.2, 0.25) is 5.91 Å². The summed E-state index contributed by atoms with van der Waals surface area (Å²) in [5.74, 6) is 0.148. The van der Waals surface area contributed by atoms with Crippen molar-refractivity contribution < 1.29 is 9.53 Å². The molecule has 0 unspecified atom stereocenters. The van der Waals surface area contributed by atoms with Crippen molar-refractivity contribution in [2.24, 2.45) is 0 Å². The molecule has 98 valence electrons. The van der Waals surface area contributed by atoms with Crippen LogP contribution in [0.2, 0.25) is 0 Å². The summed E-state index contributed by atoms with van der Waals surface area (Å²) >= 11 is 0. The number of ether oxygens (including phenoxy) is 1. The molecule has 4 heteroatoms. The van der Waals surface area contributed by atoms with E-state index in [1.165, 1.54) is 0 Å². The zero-order chi connectivity index (χ0) is 13.0. The highest BCUT2D eigenvalue weighted by molar-refractivity contribution is 5.81. The van der Waals surface area contributed by atoms with Crippen molar-refractivity contribution in [2.45, 2.75) is 25.5 Å². The number of carbonyl (C=O) groups excluding carboxylic acids is 1. The number of anilines is 1. The molecular weight excluding hydrogens is 228 g/mol. The van der Waals surface area contributed by atoms with Crippen LogP contribution in [0.15, 0.2) is 24.3 Å². The molecule has 0 bridgehead atoms. The third-order valence-electron chi connectivity index (χ3n) is 3.17. The SMILES string of the molecule is COCc1cccc(NCC(=O)N(C)C2CC2)c1. The standard InChI is InChI=1S/C14H20N2O2/c1-16(13-6-7-13)14(17)9-15-12-5-3-4-11(8-12)10-18-2/h3-5,8,13,15H,6-7,9-10H2,1-2H3. The molecule has 4 nitrogen and oxygen atoms in total. The third-order valence-corrected chi connectivity index (χ3v) is 3.17. The second-order valence-corrected chi connectivity index (χ2v) is 4.72. The van der Waals surface area contributed by atoms with Crippen LogP contribution in [0.1, 0.15) is 18.4 Å². The second-order valence-electron chi connectivity index (χ2n) is 4.72. The molecule has 0 spiro atoms. The summed E-state index contributed by atoms with van der Waals surface area (Å²) in [7, 11) is 3.55. The first-order valence-corrected chi connectivity index (χ1v) is 6.28. The Hall–Kier alpha value is -1.55. The second kappa shape index (κ2) is 5.87. The van der Waals surface area contributed by atoms with Crippen molar-refractivity contribution in [3.05, 3.63) is 29.8 Å². The van der Waals surface area contributed by atoms with Crippen LogP contribution in [-0.4, -0.2) is 37.6 Å². The lowest BCUT2D eigenvalue weighted by atomic mass is 10.2. The molecule has 1 aliphatic rings. The van der Waals surface area contributed by atoms with Crippen molar-refractivity contribution in [1.82, 2.24) is 4.90 Å². The molecule has 2 rings (SSSR count). The third kappa shape index (κ3) is 3.47. The summed E-state index contributed by atoms with van der Waals surface area (Å²) in [6, 6.07) is 8.41. The minimum Gasteiger partial charge on any atom is -0.380 e. The van der Waals surface area contributed by atoms with Crippen molar-refractivity contribution >= 4 is 11.6 Å². The van der Waals surface area contributed by atoms with E-state index in [-0.39, 0.29) is 5.91 Å². The molecule has 1 saturated carbocycles. The Bertz CT molecular complexity index is 416. The number of benzene rings is 1. The fourth-order valence-electron chi connectivity index (χ4n) is 1.91. The van der Waals surface area contributed by atoms with E-state index < -0.39 is 0 Å². The van der Waals surface area contributed by atoms with Gasteiger partial charge in [0.25, 0.3) is 0 Å². The van der Waals surface area contributed by atoms with Crippen LogP contribution in [0, 0.1) is 0 Å². The fraction of sp³-hybridized carbons (Fsp3) is 0.500. The van der Waals surface area contributed by atoms with E-state index in [9.17, 15) is 4.79 Å². The quantitative estimate of drug-likeness (QED) is 0.835. The van der Waals surface area contributed by atoms with E-state index in [0.717, 1.165) is 24.1 Å². The molecule has 0 saturated heterocycles. The van der Waals surface area contributed by atoms with Crippen molar-refractivity contribution in [3.63, 3.8) is 0 Å². The first-order chi connectivity index (χ1) is 8.70. The molecule has 1 amide bonds. The Morgan fingerprint density at radius 3 is 2.94 bits per heavy atom. The molecule has 18 heavy (non-hydrogen) atoms. The van der Waals surface area contributed by atoms with E-state index in [1.807, 2.05) is 36.2 Å². The smallest absolute Gasteiger partial charge is 0.241 e. The van der Waals surface area contributed by atoms with Gasteiger partial charge in [-0.2, -0.15) is 0 Å². The predicted octanol–water partition coefficient (Wildman–Crippen LogP) is 1.87. The van der Waals surface area contributed by atoms with Crippen LogP contribution in [0.4, 0.5) is 5.69 Å². The maximum Gasteiger partial charge on any atom is 0.241 e. The van der Waals surface area contributed by atoms with Crippen LogP contribution in [0.25, 0.3) is 0 Å². The Labute approximate surface area is 108 Å². The molecule has 1 aromatic rings. The van der Waals surface area contributed by atoms with Crippen molar-refractivity contribution in [2.75, 3.05) is 26.0 Å². The topological polar surface area (TPSA) is 41.6 Å². The van der Waals surface area contributed by atoms with Gasteiger partial charge in [-0.1, -0.05) is 12.1 Å². The van der Waals surface area contributed by atoms with E-state index in [0.29, 0.717) is 19.2 Å². The van der Waals surface area contributed by atoms with Gasteiger partial charge in [-0.15, -0.1) is 0 Å². The highest BCUT2D eigenvalue weighted by Crippen LogP contribution is 2.25. The van der Waals surface area contributed by atoms with Gasteiger partial charge in [-0.3, -0.25) is 4.79 Å². The number of carbonyl (C=O) groups is 1. The summed E-state index contributed by atoms with van der Waals surface area (Å²) in [5, 5.41) is 3.16. The van der Waals surface area contributed by atoms with Crippen LogP contribution in [-0.2, 0) is 16.1 Å². The number of hydrogen-bond acceptors (Lipinski definition) is 3. The van der Waals surface area contributed by atoms with Gasteiger partial charge in [-0.25, -0.2) is 0 Å². The summed E-state index contributed by atoms with van der Waals surface area (Å²) in [5.41, 5.74) is 2.06. The van der Waals surface area contributed by atoms with Gasteiger partial charge < -0.3 is 15.0 Å². The van der Waals surface area contributed by atoms with E-state index in [4.69, 9.17) is 4.74 Å². The van der Waals surface area contributed by atoms with Crippen molar-refractivity contribution in [1.29, 1.82) is 0 Å². The molecule has 0 heterocycles. The molecule has 1 aromatic carbocycles. The summed E-state index contributed by atoms with van der Waals surface area (Å²) in [6.45, 7) is 0.939. The van der Waals surface area contributed by atoms with Crippen molar-refractivity contribution in [3.8, 4) is 0 Å². The van der Waals surface area contributed by atoms with E-state index in [1.54, 1.807) is 7.11 Å². The number of nitrogens with one attached hydrogen (secondary N) is 1. The van der Waals surface area contributed by atoms with Gasteiger partial charge in [0.15, 0.2) is 0 Å². The van der Waals surface area contributed by atoms with Gasteiger partial charge in [0.1, 0.15) is 0 Å². The zero-order valence-electron chi connectivity index (χ0n) is 11.0. The van der Waals surface area contributed by atoms with E-state index >= 15 is 0 Å². The molecular formula is C14H20N2O2. The number of nitrogens with zero attached hydrogens (tertiary/aromatic N) is 1. The normalized spacial score (nSPS) is 14.3. The minimum atomic E-state index is 0.148. The molecule has 0 radical (unpaired) electrons. The van der Waals surface area contributed by atoms with Gasteiger partial charge in [0.05, 0.1) is 13.2 Å². The average Bonchev–Trinajstić information content (AvgIpc) is 3.20. The lowest BCUT2D eigenvalue weighted by molar-refractivity contribution is -0.128. The lowest BCUT2D eigenvalue weighted by Gasteiger charge is -2.17. The Morgan fingerprint density at radius 2 is 2.28 bits per heavy atom. The molecule has 0 aliphatic heterocycles. The molecule has 1 aliphatic carbocycles. The molecule has 0 aromatic heterocycles. The predicted molar refractivity (Wildman–Crippen MR) is 71.4 cm³/mol. The molecule has 0 atom stereocenters. The Kier molecular flexibility index (Phi) is 4.20. The first kappa shape index (κ1) is 12.9. The van der Waals surface area contributed by atoms with Crippen LogP contribution >= 0.6 is 0 Å². The maximum absolute atomic E-state index is 11.8. The lowest BCUT2D eigenvalue weighted by Crippen LogP contribution is -2.33. The maximum atomic E-state index is 11.8. The van der Waals surface area contributed by atoms with E-state index in [2.05, 4.69) is 5.32 Å². The van der Waals surface area contributed by atoms with Gasteiger partial charge in [0, 0.05) is 25.9 Å². The monoisotopic (exact) mass is 248 g/mol. The van der Waals surface area contributed by atoms with Gasteiger partial charge >= 0.3 is 0 Å². The zero-order valence-corrected chi connectivity index (χ0v) is 11.0. The number of amides is 1. The number of likely N-dealkylation sites (N-methyl/N-ethyl adjacent to an activating group) is 1. The highest BCUT2D eigenvalue weighted by atomic mass is 16.5. The van der Waals surface area contributed by atoms with Crippen LogP contribution < -0.4 is 5.32 Å².